The monoisotopic (exact) mass is 182 g/mol. The number of nitrogens with one attached hydrogen (secondary N) is 1. The van der Waals surface area contributed by atoms with Gasteiger partial charge in [-0.05, 0) is 33.3 Å². The normalized spacial score (nSPS) is 9.00. The third kappa shape index (κ3) is 7.31. The minimum atomic E-state index is 1.03. The number of hydrogen-bond acceptors (Lipinski definition) is 2. The van der Waals surface area contributed by atoms with Crippen molar-refractivity contribution in [1.29, 1.82) is 0 Å². The molecule has 68 valence electrons. The lowest BCUT2D eigenvalue weighted by Gasteiger charge is -1.94. The van der Waals surface area contributed by atoms with Crippen molar-refractivity contribution < 1.29 is 0 Å². The van der Waals surface area contributed by atoms with Gasteiger partial charge in [-0.3, -0.25) is 0 Å². The van der Waals surface area contributed by atoms with Crippen LogP contribution < -0.4 is 4.98 Å². The molecule has 2 nitrogen and oxygen atoms in total. The van der Waals surface area contributed by atoms with Crippen LogP contribution in [0.3, 0.4) is 0 Å². The maximum atomic E-state index is 3.17. The fourth-order valence-corrected chi connectivity index (χ4v) is 0.938. The summed E-state index contributed by atoms with van der Waals surface area (Å²) in [4.78, 5) is 5.17. The van der Waals surface area contributed by atoms with Crippen molar-refractivity contribution in [3.63, 3.8) is 0 Å². The molecule has 0 radical (unpaired) electrons. The smallest absolute Gasteiger partial charge is 0.104 e. The van der Waals surface area contributed by atoms with Crippen LogP contribution in [0.25, 0.3) is 0 Å². The second kappa shape index (κ2) is 6.88. The molecule has 1 N–H and O–H groups in total. The predicted molar refractivity (Wildman–Crippen MR) is 59.6 cm³/mol. The zero-order chi connectivity index (χ0) is 9.40. The topological polar surface area (TPSA) is 15.3 Å². The van der Waals surface area contributed by atoms with E-state index in [4.69, 9.17) is 0 Å². The molecule has 0 heterocycles. The summed E-state index contributed by atoms with van der Waals surface area (Å²) in [7, 11) is 7.03. The zero-order valence-corrected chi connectivity index (χ0v) is 10.3. The standard InChI is InChI=1S/C6H9NSi.C3H9N/c8-7-6-4-2-1-3-5-6;1-4(2)3/h1-5,7H,8H3;1-3H3. The Kier molecular flexibility index (Phi) is 6.42. The molecule has 0 fully saturated rings. The Morgan fingerprint density at radius 1 is 1.08 bits per heavy atom. The molecule has 0 bridgehead atoms. The molecule has 0 aliphatic rings. The van der Waals surface area contributed by atoms with Gasteiger partial charge in [-0.15, -0.1) is 0 Å². The molecule has 0 atom stereocenters. The van der Waals surface area contributed by atoms with Crippen LogP contribution in [0.1, 0.15) is 0 Å². The molecule has 3 heteroatoms. The molecule has 0 spiro atoms. The first-order chi connectivity index (χ1) is 5.66. The number of anilines is 1. The maximum Gasteiger partial charge on any atom is 0.104 e. The molecule has 0 unspecified atom stereocenters. The molecule has 1 aromatic rings. The molecule has 0 aliphatic carbocycles. The Hall–Kier alpha value is -0.803. The second-order valence-electron chi connectivity index (χ2n) is 2.96. The van der Waals surface area contributed by atoms with Gasteiger partial charge in [-0.1, -0.05) is 18.2 Å². The molecule has 0 aliphatic heterocycles. The van der Waals surface area contributed by atoms with Crippen molar-refractivity contribution in [2.24, 2.45) is 0 Å². The fraction of sp³-hybridized carbons (Fsp3) is 0.333. The highest BCUT2D eigenvalue weighted by Crippen LogP contribution is 2.01. The van der Waals surface area contributed by atoms with Gasteiger partial charge in [0.2, 0.25) is 0 Å². The van der Waals surface area contributed by atoms with Crippen LogP contribution in [0.15, 0.2) is 30.3 Å². The largest absolute Gasteiger partial charge is 0.419 e. The molecular formula is C9H18N2Si. The van der Waals surface area contributed by atoms with Crippen molar-refractivity contribution in [2.75, 3.05) is 26.1 Å². The van der Waals surface area contributed by atoms with Crippen molar-refractivity contribution in [3.05, 3.63) is 30.3 Å². The summed E-state index contributed by atoms with van der Waals surface area (Å²) in [6.07, 6.45) is 0. The lowest BCUT2D eigenvalue weighted by Crippen LogP contribution is -1.99. The summed E-state index contributed by atoms with van der Waals surface area (Å²) in [5, 5.41) is 0. The van der Waals surface area contributed by atoms with Crippen LogP contribution in [0.5, 0.6) is 0 Å². The highest BCUT2D eigenvalue weighted by Gasteiger charge is 1.77. The van der Waals surface area contributed by atoms with Crippen molar-refractivity contribution >= 4 is 16.1 Å². The average Bonchev–Trinajstić information content (AvgIpc) is 2.05. The van der Waals surface area contributed by atoms with E-state index in [0.29, 0.717) is 0 Å². The fourth-order valence-electron chi connectivity index (χ4n) is 0.605. The molecule has 1 aromatic carbocycles. The quantitative estimate of drug-likeness (QED) is 0.638. The van der Waals surface area contributed by atoms with E-state index in [1.165, 1.54) is 5.69 Å². The molecule has 0 saturated carbocycles. The van der Waals surface area contributed by atoms with Gasteiger partial charge in [0.15, 0.2) is 0 Å². The summed E-state index contributed by atoms with van der Waals surface area (Å²) < 4.78 is 0. The van der Waals surface area contributed by atoms with Gasteiger partial charge in [-0.25, -0.2) is 0 Å². The predicted octanol–water partition coefficient (Wildman–Crippen LogP) is 0.557. The Morgan fingerprint density at radius 2 is 1.50 bits per heavy atom. The van der Waals surface area contributed by atoms with Crippen molar-refractivity contribution in [3.8, 4) is 0 Å². The van der Waals surface area contributed by atoms with Crippen molar-refractivity contribution in [1.82, 2.24) is 4.90 Å². The van der Waals surface area contributed by atoms with E-state index in [1.807, 2.05) is 44.2 Å². The molecule has 0 amide bonds. The van der Waals surface area contributed by atoms with E-state index in [-0.39, 0.29) is 0 Å². The van der Waals surface area contributed by atoms with Crippen LogP contribution in [-0.2, 0) is 0 Å². The van der Waals surface area contributed by atoms with Crippen LogP contribution >= 0.6 is 0 Å². The van der Waals surface area contributed by atoms with Crippen LogP contribution in [-0.4, -0.2) is 36.4 Å². The Labute approximate surface area is 78.1 Å². The summed E-state index contributed by atoms with van der Waals surface area (Å²) in [6.45, 7) is 0. The maximum absolute atomic E-state index is 3.17. The molecule has 0 saturated heterocycles. The van der Waals surface area contributed by atoms with Gasteiger partial charge < -0.3 is 9.88 Å². The van der Waals surface area contributed by atoms with Gasteiger partial charge in [0.05, 0.1) is 0 Å². The molecule has 12 heavy (non-hydrogen) atoms. The number of rotatable bonds is 1. The van der Waals surface area contributed by atoms with E-state index in [1.54, 1.807) is 0 Å². The highest BCUT2D eigenvalue weighted by atomic mass is 28.2. The SMILES string of the molecule is CN(C)C.[SiH3]Nc1ccccc1. The molecule has 0 aromatic heterocycles. The van der Waals surface area contributed by atoms with Gasteiger partial charge in [-0.2, -0.15) is 0 Å². The lowest BCUT2D eigenvalue weighted by molar-refractivity contribution is 0.505. The Bertz CT molecular complexity index is 184. The molecule has 1 rings (SSSR count). The summed E-state index contributed by atoms with van der Waals surface area (Å²) >= 11 is 0. The number of benzene rings is 1. The summed E-state index contributed by atoms with van der Waals surface area (Å²) in [6, 6.07) is 10.2. The van der Waals surface area contributed by atoms with E-state index < -0.39 is 0 Å². The second-order valence-corrected chi connectivity index (χ2v) is 3.46. The first kappa shape index (κ1) is 11.2. The average molecular weight is 182 g/mol. The first-order valence-corrected chi connectivity index (χ1v) is 5.00. The third-order valence-electron chi connectivity index (χ3n) is 1.06. The zero-order valence-electron chi connectivity index (χ0n) is 8.33. The Morgan fingerprint density at radius 3 is 1.75 bits per heavy atom. The van der Waals surface area contributed by atoms with Crippen LogP contribution in [0.4, 0.5) is 5.69 Å². The minimum Gasteiger partial charge on any atom is -0.419 e. The van der Waals surface area contributed by atoms with E-state index in [9.17, 15) is 0 Å². The van der Waals surface area contributed by atoms with E-state index in [2.05, 4.69) is 17.1 Å². The van der Waals surface area contributed by atoms with Gasteiger partial charge in [0, 0.05) is 5.69 Å². The minimum absolute atomic E-state index is 1.03. The summed E-state index contributed by atoms with van der Waals surface area (Å²) in [5.41, 5.74) is 1.22. The van der Waals surface area contributed by atoms with Gasteiger partial charge in [0.1, 0.15) is 10.4 Å². The van der Waals surface area contributed by atoms with Crippen LogP contribution in [0, 0.1) is 0 Å². The van der Waals surface area contributed by atoms with Gasteiger partial charge in [0.25, 0.3) is 0 Å². The van der Waals surface area contributed by atoms with Crippen LogP contribution in [0.2, 0.25) is 0 Å². The van der Waals surface area contributed by atoms with E-state index >= 15 is 0 Å². The number of nitrogens with zero attached hydrogens (tertiary/aromatic N) is 1. The third-order valence-corrected chi connectivity index (χ3v) is 1.64. The number of para-hydroxylation sites is 1. The number of hydrogen-bond donors (Lipinski definition) is 1. The lowest BCUT2D eigenvalue weighted by atomic mass is 10.3. The summed E-state index contributed by atoms with van der Waals surface area (Å²) in [5.74, 6) is 0. The molecular weight excluding hydrogens is 164 g/mol. The Balaban J connectivity index is 0.000000261. The van der Waals surface area contributed by atoms with Crippen molar-refractivity contribution in [2.45, 2.75) is 0 Å². The first-order valence-electron chi connectivity index (χ1n) is 4.00. The van der Waals surface area contributed by atoms with Gasteiger partial charge >= 0.3 is 0 Å². The highest BCUT2D eigenvalue weighted by molar-refractivity contribution is 6.15. The van der Waals surface area contributed by atoms with E-state index in [0.717, 1.165) is 10.4 Å².